The Hall–Kier alpha value is -3.19. The van der Waals surface area contributed by atoms with Crippen LogP contribution < -0.4 is 15.0 Å². The number of methoxy groups -OCH3 is 1. The van der Waals surface area contributed by atoms with Gasteiger partial charge in [0.1, 0.15) is 5.75 Å². The summed E-state index contributed by atoms with van der Waals surface area (Å²) in [6.45, 7) is 9.37. The number of benzene rings is 2. The lowest BCUT2D eigenvalue weighted by Crippen LogP contribution is -2.31. The van der Waals surface area contributed by atoms with Crippen molar-refractivity contribution >= 4 is 44.1 Å². The monoisotopic (exact) mass is 463 g/mol. The second-order valence-electron chi connectivity index (χ2n) is 9.18. The molecule has 1 N–H and O–H groups in total. The van der Waals surface area contributed by atoms with Crippen molar-refractivity contribution in [2.75, 3.05) is 23.9 Å². The average Bonchev–Trinajstić information content (AvgIpc) is 3.18. The van der Waals surface area contributed by atoms with Crippen LogP contribution in [0.1, 0.15) is 46.1 Å². The second-order valence-corrected chi connectivity index (χ2v) is 10.2. The number of nitrogens with one attached hydrogen (secondary N) is 1. The number of fused-ring (bicyclic) bond motifs is 1. The van der Waals surface area contributed by atoms with Gasteiger partial charge in [0.25, 0.3) is 0 Å². The predicted molar refractivity (Wildman–Crippen MR) is 135 cm³/mol. The van der Waals surface area contributed by atoms with Gasteiger partial charge in [-0.25, -0.2) is 4.98 Å². The van der Waals surface area contributed by atoms with E-state index in [1.807, 2.05) is 24.3 Å². The Kier molecular flexibility index (Phi) is 6.26. The molecule has 1 aliphatic rings. The maximum atomic E-state index is 12.6. The van der Waals surface area contributed by atoms with Gasteiger partial charge in [-0.2, -0.15) is 0 Å². The van der Waals surface area contributed by atoms with Gasteiger partial charge in [-0.3, -0.25) is 14.5 Å². The first-order valence-corrected chi connectivity index (χ1v) is 11.9. The molecule has 0 fully saturated rings. The van der Waals surface area contributed by atoms with Crippen molar-refractivity contribution in [2.24, 2.45) is 0 Å². The van der Waals surface area contributed by atoms with E-state index in [-0.39, 0.29) is 23.5 Å². The Balaban J connectivity index is 1.88. The maximum absolute atomic E-state index is 12.6. The molecule has 0 unspecified atom stereocenters. The van der Waals surface area contributed by atoms with Gasteiger partial charge in [0.15, 0.2) is 10.9 Å². The SMILES string of the molecule is CCCNc1nc2ccc(-c3cc(N4C=CC(=O)CC4=O)cc(C(C)(C)C)c3OC)cc2s1. The fourth-order valence-electron chi connectivity index (χ4n) is 3.91. The highest BCUT2D eigenvalue weighted by Crippen LogP contribution is 2.44. The van der Waals surface area contributed by atoms with Crippen LogP contribution in [0.25, 0.3) is 21.3 Å². The van der Waals surface area contributed by atoms with Crippen molar-refractivity contribution in [3.63, 3.8) is 0 Å². The third-order valence-corrected chi connectivity index (χ3v) is 6.57. The number of ketones is 1. The number of aromatic nitrogens is 1. The summed E-state index contributed by atoms with van der Waals surface area (Å²) in [7, 11) is 1.68. The summed E-state index contributed by atoms with van der Waals surface area (Å²) < 4.78 is 6.99. The minimum absolute atomic E-state index is 0.122. The van der Waals surface area contributed by atoms with Crippen LogP contribution >= 0.6 is 11.3 Å². The molecule has 4 rings (SSSR count). The number of thiazole rings is 1. The summed E-state index contributed by atoms with van der Waals surface area (Å²) in [4.78, 5) is 30.6. The van der Waals surface area contributed by atoms with Gasteiger partial charge in [0.05, 0.1) is 23.7 Å². The van der Waals surface area contributed by atoms with E-state index in [2.05, 4.69) is 44.1 Å². The number of hydrogen-bond acceptors (Lipinski definition) is 6. The van der Waals surface area contributed by atoms with Crippen molar-refractivity contribution in [1.29, 1.82) is 0 Å². The second kappa shape index (κ2) is 8.98. The van der Waals surface area contributed by atoms with E-state index >= 15 is 0 Å². The van der Waals surface area contributed by atoms with Gasteiger partial charge in [-0.15, -0.1) is 0 Å². The topological polar surface area (TPSA) is 71.5 Å². The summed E-state index contributed by atoms with van der Waals surface area (Å²) in [6.07, 6.45) is 3.93. The van der Waals surface area contributed by atoms with Crippen LogP contribution in [0.4, 0.5) is 10.8 Å². The smallest absolute Gasteiger partial charge is 0.238 e. The number of carbonyl (C=O) groups excluding carboxylic acids is 2. The molecule has 0 spiro atoms. The summed E-state index contributed by atoms with van der Waals surface area (Å²) in [5.41, 5.74) is 4.32. The molecule has 0 atom stereocenters. The van der Waals surface area contributed by atoms with E-state index in [1.165, 1.54) is 6.08 Å². The van der Waals surface area contributed by atoms with Crippen molar-refractivity contribution in [3.05, 3.63) is 48.2 Å². The lowest BCUT2D eigenvalue weighted by molar-refractivity contribution is -0.124. The highest BCUT2D eigenvalue weighted by Gasteiger charge is 2.27. The molecule has 6 nitrogen and oxygen atoms in total. The zero-order chi connectivity index (χ0) is 23.8. The molecular weight excluding hydrogens is 434 g/mol. The first kappa shape index (κ1) is 23.0. The van der Waals surface area contributed by atoms with Crippen LogP contribution in [-0.2, 0) is 15.0 Å². The molecule has 3 aromatic rings. The summed E-state index contributed by atoms with van der Waals surface area (Å²) >= 11 is 1.63. The third kappa shape index (κ3) is 4.64. The average molecular weight is 464 g/mol. The van der Waals surface area contributed by atoms with Gasteiger partial charge in [-0.1, -0.05) is 45.1 Å². The lowest BCUT2D eigenvalue weighted by Gasteiger charge is -2.28. The molecule has 1 amide bonds. The number of anilines is 2. The molecule has 33 heavy (non-hydrogen) atoms. The van der Waals surface area contributed by atoms with Gasteiger partial charge < -0.3 is 10.1 Å². The van der Waals surface area contributed by atoms with E-state index in [0.717, 1.165) is 56.4 Å². The Morgan fingerprint density at radius 2 is 1.97 bits per heavy atom. The van der Waals surface area contributed by atoms with Crippen molar-refractivity contribution in [1.82, 2.24) is 4.98 Å². The largest absolute Gasteiger partial charge is 0.496 e. The normalized spacial score (nSPS) is 14.3. The van der Waals surface area contributed by atoms with Gasteiger partial charge in [0.2, 0.25) is 5.91 Å². The molecule has 0 saturated heterocycles. The van der Waals surface area contributed by atoms with E-state index in [0.29, 0.717) is 0 Å². The quantitative estimate of drug-likeness (QED) is 0.460. The number of amides is 1. The van der Waals surface area contributed by atoms with E-state index < -0.39 is 0 Å². The molecule has 2 aromatic carbocycles. The van der Waals surface area contributed by atoms with Gasteiger partial charge in [0, 0.05) is 29.6 Å². The fourth-order valence-corrected chi connectivity index (χ4v) is 4.84. The van der Waals surface area contributed by atoms with E-state index in [9.17, 15) is 9.59 Å². The zero-order valence-electron chi connectivity index (χ0n) is 19.7. The standard InChI is InChI=1S/C26H29N3O3S/c1-6-10-27-25-28-21-8-7-16(12-22(21)33-25)19-13-17(29-11-9-18(30)15-23(29)31)14-20(24(19)32-5)26(2,3)4/h7-9,11-14H,6,10,15H2,1-5H3,(H,27,28). The van der Waals surface area contributed by atoms with E-state index in [4.69, 9.17) is 4.74 Å². The van der Waals surface area contributed by atoms with Crippen LogP contribution in [0.2, 0.25) is 0 Å². The Morgan fingerprint density at radius 1 is 1.18 bits per heavy atom. The number of hydrogen-bond donors (Lipinski definition) is 1. The molecule has 7 heteroatoms. The van der Waals surface area contributed by atoms with Crippen LogP contribution in [0, 0.1) is 0 Å². The van der Waals surface area contributed by atoms with Crippen LogP contribution in [-0.4, -0.2) is 30.3 Å². The first-order valence-electron chi connectivity index (χ1n) is 11.1. The maximum Gasteiger partial charge on any atom is 0.238 e. The van der Waals surface area contributed by atoms with Gasteiger partial charge in [-0.05, 0) is 47.7 Å². The first-order chi connectivity index (χ1) is 15.7. The Labute approximate surface area is 198 Å². The number of carbonyl (C=O) groups is 2. The summed E-state index contributed by atoms with van der Waals surface area (Å²) in [5.74, 6) is 0.371. The Bertz CT molecular complexity index is 1250. The summed E-state index contributed by atoms with van der Waals surface area (Å²) in [5, 5.41) is 4.27. The molecule has 0 bridgehead atoms. The van der Waals surface area contributed by atoms with E-state index in [1.54, 1.807) is 29.5 Å². The Morgan fingerprint density at radius 3 is 2.64 bits per heavy atom. The van der Waals surface area contributed by atoms with Crippen molar-refractivity contribution in [2.45, 2.75) is 46.0 Å². The number of allylic oxidation sites excluding steroid dienone is 1. The minimum atomic E-state index is -0.233. The van der Waals surface area contributed by atoms with Crippen LogP contribution in [0.5, 0.6) is 5.75 Å². The molecule has 172 valence electrons. The summed E-state index contributed by atoms with van der Waals surface area (Å²) in [6, 6.07) is 10.1. The lowest BCUT2D eigenvalue weighted by atomic mass is 9.83. The number of nitrogens with zero attached hydrogens (tertiary/aromatic N) is 2. The predicted octanol–water partition coefficient (Wildman–Crippen LogP) is 5.91. The number of ether oxygens (including phenoxy) is 1. The third-order valence-electron chi connectivity index (χ3n) is 5.59. The highest BCUT2D eigenvalue weighted by molar-refractivity contribution is 7.22. The van der Waals surface area contributed by atoms with Crippen molar-refractivity contribution < 1.29 is 14.3 Å². The zero-order valence-corrected chi connectivity index (χ0v) is 20.5. The van der Waals surface area contributed by atoms with Crippen LogP contribution in [0.3, 0.4) is 0 Å². The molecule has 0 radical (unpaired) electrons. The minimum Gasteiger partial charge on any atom is -0.496 e. The molecule has 0 saturated carbocycles. The molecular formula is C26H29N3O3S. The molecule has 0 aliphatic carbocycles. The molecule has 2 heterocycles. The molecule has 1 aliphatic heterocycles. The van der Waals surface area contributed by atoms with Crippen molar-refractivity contribution in [3.8, 4) is 16.9 Å². The fraction of sp³-hybridized carbons (Fsp3) is 0.346. The highest BCUT2D eigenvalue weighted by atomic mass is 32.1. The van der Waals surface area contributed by atoms with Gasteiger partial charge >= 0.3 is 0 Å². The number of rotatable bonds is 6. The van der Waals surface area contributed by atoms with Crippen LogP contribution in [0.15, 0.2) is 42.6 Å². The molecule has 1 aromatic heterocycles.